The number of carbonyl (C=O) groups excluding carboxylic acids is 1. The molecule has 0 fully saturated rings. The summed E-state index contributed by atoms with van der Waals surface area (Å²) >= 11 is 0. The van der Waals surface area contributed by atoms with Crippen LogP contribution < -0.4 is 10.9 Å². The monoisotopic (exact) mass is 392 g/mol. The number of aromatic nitrogens is 3. The Hall–Kier alpha value is -3.65. The molecule has 146 valence electrons. The van der Waals surface area contributed by atoms with Crippen LogP contribution in [0.2, 0.25) is 0 Å². The number of benzene rings is 1. The molecule has 3 aromatic heterocycles. The second-order valence-corrected chi connectivity index (χ2v) is 6.66. The van der Waals surface area contributed by atoms with Crippen molar-refractivity contribution in [2.75, 3.05) is 0 Å². The van der Waals surface area contributed by atoms with Gasteiger partial charge in [0.25, 0.3) is 11.5 Å². The molecule has 1 unspecified atom stereocenters. The highest BCUT2D eigenvalue weighted by molar-refractivity contribution is 5.92. The fraction of sp³-hybridized carbons (Fsp3) is 0.143. The van der Waals surface area contributed by atoms with Gasteiger partial charge >= 0.3 is 0 Å². The minimum atomic E-state index is -0.978. The van der Waals surface area contributed by atoms with E-state index in [1.807, 2.05) is 0 Å². The Bertz CT molecular complexity index is 1300. The topological polar surface area (TPSA) is 96.6 Å². The highest BCUT2D eigenvalue weighted by Crippen LogP contribution is 2.22. The number of hydrogen-bond acceptors (Lipinski definition) is 5. The van der Waals surface area contributed by atoms with Crippen LogP contribution in [0.4, 0.5) is 4.39 Å². The lowest BCUT2D eigenvalue weighted by Gasteiger charge is -2.10. The van der Waals surface area contributed by atoms with E-state index in [-0.39, 0.29) is 23.4 Å². The van der Waals surface area contributed by atoms with Crippen LogP contribution in [-0.4, -0.2) is 25.4 Å². The Balaban J connectivity index is 1.57. The normalized spacial score (nSPS) is 12.2. The number of nitrogens with one attached hydrogen (secondary N) is 1. The molecule has 29 heavy (non-hydrogen) atoms. The number of aliphatic hydroxyl groups excluding tert-OH is 1. The maximum absolute atomic E-state index is 13.9. The summed E-state index contributed by atoms with van der Waals surface area (Å²) in [6.45, 7) is 1.65. The fourth-order valence-corrected chi connectivity index (χ4v) is 3.06. The minimum absolute atomic E-state index is 0.0297. The summed E-state index contributed by atoms with van der Waals surface area (Å²) in [7, 11) is 0. The van der Waals surface area contributed by atoms with E-state index in [2.05, 4.69) is 15.3 Å². The molecule has 0 aliphatic carbocycles. The van der Waals surface area contributed by atoms with E-state index in [9.17, 15) is 19.1 Å². The van der Waals surface area contributed by atoms with Gasteiger partial charge in [-0.05, 0) is 42.8 Å². The first-order valence-electron chi connectivity index (χ1n) is 8.96. The van der Waals surface area contributed by atoms with Gasteiger partial charge in [-0.25, -0.2) is 9.97 Å². The number of amides is 1. The number of carbonyl (C=O) groups is 1. The molecule has 0 radical (unpaired) electrons. The van der Waals surface area contributed by atoms with E-state index in [0.29, 0.717) is 16.6 Å². The standard InChI is InChI=1S/C21H17FN4O3/c1-12(27)15-9-14-8-13(5-6-16(14)25-20(15)22)11-23-21(29)17-10-19(28)26-7-3-2-4-18(26)24-17/h2-10,12,27H,11H2,1H3,(H,23,29). The zero-order valence-electron chi connectivity index (χ0n) is 15.5. The van der Waals surface area contributed by atoms with Crippen LogP contribution in [0.15, 0.2) is 59.5 Å². The molecule has 8 heteroatoms. The van der Waals surface area contributed by atoms with Crippen LogP contribution in [0, 0.1) is 5.95 Å². The summed E-state index contributed by atoms with van der Waals surface area (Å²) in [5.41, 5.74) is 1.39. The lowest BCUT2D eigenvalue weighted by Crippen LogP contribution is -2.26. The van der Waals surface area contributed by atoms with E-state index in [1.54, 1.807) is 48.7 Å². The van der Waals surface area contributed by atoms with Crippen LogP contribution >= 0.6 is 0 Å². The molecule has 3 heterocycles. The highest BCUT2D eigenvalue weighted by Gasteiger charge is 2.13. The molecule has 0 saturated heterocycles. The quantitative estimate of drug-likeness (QED) is 0.520. The number of nitrogens with zero attached hydrogens (tertiary/aromatic N) is 3. The lowest BCUT2D eigenvalue weighted by molar-refractivity contribution is 0.0946. The van der Waals surface area contributed by atoms with Crippen molar-refractivity contribution in [3.8, 4) is 0 Å². The van der Waals surface area contributed by atoms with Crippen molar-refractivity contribution in [3.63, 3.8) is 0 Å². The van der Waals surface area contributed by atoms with Crippen LogP contribution in [-0.2, 0) is 6.54 Å². The molecule has 7 nitrogen and oxygen atoms in total. The van der Waals surface area contributed by atoms with Gasteiger partial charge in [-0.2, -0.15) is 4.39 Å². The van der Waals surface area contributed by atoms with E-state index in [4.69, 9.17) is 0 Å². The molecular weight excluding hydrogens is 375 g/mol. The van der Waals surface area contributed by atoms with Gasteiger partial charge in [-0.15, -0.1) is 0 Å². The predicted molar refractivity (Wildman–Crippen MR) is 105 cm³/mol. The number of halogens is 1. The zero-order chi connectivity index (χ0) is 20.5. The first kappa shape index (κ1) is 18.7. The number of aliphatic hydroxyl groups is 1. The zero-order valence-corrected chi connectivity index (χ0v) is 15.5. The molecule has 0 bridgehead atoms. The summed E-state index contributed by atoms with van der Waals surface area (Å²) in [4.78, 5) is 32.6. The van der Waals surface area contributed by atoms with Gasteiger partial charge < -0.3 is 10.4 Å². The average Bonchev–Trinajstić information content (AvgIpc) is 2.71. The summed E-state index contributed by atoms with van der Waals surface area (Å²) in [6, 6.07) is 12.9. The van der Waals surface area contributed by atoms with Gasteiger partial charge in [-0.3, -0.25) is 14.0 Å². The molecule has 4 aromatic rings. The summed E-state index contributed by atoms with van der Waals surface area (Å²) in [5, 5.41) is 13.0. The lowest BCUT2D eigenvalue weighted by atomic mass is 10.1. The highest BCUT2D eigenvalue weighted by atomic mass is 19.1. The molecule has 0 saturated carbocycles. The molecule has 4 rings (SSSR count). The molecule has 1 atom stereocenters. The number of pyridine rings is 2. The van der Waals surface area contributed by atoms with Gasteiger partial charge in [0, 0.05) is 29.8 Å². The molecule has 1 aromatic carbocycles. The molecule has 1 amide bonds. The third-order valence-electron chi connectivity index (χ3n) is 4.57. The third-order valence-corrected chi connectivity index (χ3v) is 4.57. The van der Waals surface area contributed by atoms with Gasteiger partial charge in [0.05, 0.1) is 11.6 Å². The van der Waals surface area contributed by atoms with Crippen LogP contribution in [0.25, 0.3) is 16.6 Å². The van der Waals surface area contributed by atoms with Crippen LogP contribution in [0.5, 0.6) is 0 Å². The van der Waals surface area contributed by atoms with Crippen molar-refractivity contribution >= 4 is 22.5 Å². The van der Waals surface area contributed by atoms with E-state index < -0.39 is 18.0 Å². The Labute approximate surface area is 164 Å². The van der Waals surface area contributed by atoms with Gasteiger partial charge in [0.1, 0.15) is 11.3 Å². The maximum Gasteiger partial charge on any atom is 0.270 e. The van der Waals surface area contributed by atoms with E-state index in [0.717, 1.165) is 5.56 Å². The van der Waals surface area contributed by atoms with Crippen molar-refractivity contribution in [1.82, 2.24) is 19.7 Å². The largest absolute Gasteiger partial charge is 0.389 e. The Kier molecular flexibility index (Phi) is 4.77. The number of rotatable bonds is 4. The fourth-order valence-electron chi connectivity index (χ4n) is 3.06. The number of fused-ring (bicyclic) bond motifs is 2. The molecule has 0 spiro atoms. The van der Waals surface area contributed by atoms with Crippen molar-refractivity contribution in [2.45, 2.75) is 19.6 Å². The molecule has 0 aliphatic rings. The minimum Gasteiger partial charge on any atom is -0.389 e. The van der Waals surface area contributed by atoms with Crippen molar-refractivity contribution in [1.29, 1.82) is 0 Å². The SMILES string of the molecule is CC(O)c1cc2cc(CNC(=O)c3cc(=O)n4ccccc4n3)ccc2nc1F. The maximum atomic E-state index is 13.9. The van der Waals surface area contributed by atoms with Crippen molar-refractivity contribution in [2.24, 2.45) is 0 Å². The first-order valence-corrected chi connectivity index (χ1v) is 8.96. The molecule has 2 N–H and O–H groups in total. The Morgan fingerprint density at radius 1 is 1.21 bits per heavy atom. The van der Waals surface area contributed by atoms with E-state index in [1.165, 1.54) is 17.4 Å². The van der Waals surface area contributed by atoms with Crippen LogP contribution in [0.3, 0.4) is 0 Å². The smallest absolute Gasteiger partial charge is 0.270 e. The van der Waals surface area contributed by atoms with Crippen molar-refractivity contribution < 1.29 is 14.3 Å². The van der Waals surface area contributed by atoms with Gasteiger partial charge in [0.2, 0.25) is 5.95 Å². The van der Waals surface area contributed by atoms with Crippen molar-refractivity contribution in [3.05, 3.63) is 87.9 Å². The number of hydrogen-bond donors (Lipinski definition) is 2. The second-order valence-electron chi connectivity index (χ2n) is 6.66. The van der Waals surface area contributed by atoms with Gasteiger partial charge in [-0.1, -0.05) is 12.1 Å². The van der Waals surface area contributed by atoms with E-state index >= 15 is 0 Å². The summed E-state index contributed by atoms with van der Waals surface area (Å²) in [5.74, 6) is -1.18. The van der Waals surface area contributed by atoms with Crippen LogP contribution in [0.1, 0.15) is 34.6 Å². The van der Waals surface area contributed by atoms with Gasteiger partial charge in [0.15, 0.2) is 0 Å². The molecule has 0 aliphatic heterocycles. The Morgan fingerprint density at radius 3 is 2.83 bits per heavy atom. The first-order chi connectivity index (χ1) is 13.9. The second kappa shape index (κ2) is 7.40. The average molecular weight is 392 g/mol. The predicted octanol–water partition coefficient (Wildman–Crippen LogP) is 2.37. The molecular formula is C21H17FN4O3. The Morgan fingerprint density at radius 2 is 2.03 bits per heavy atom. The summed E-state index contributed by atoms with van der Waals surface area (Å²) < 4.78 is 15.2. The third kappa shape index (κ3) is 3.70. The summed E-state index contributed by atoms with van der Waals surface area (Å²) in [6.07, 6.45) is 0.605.